The van der Waals surface area contributed by atoms with Crippen molar-refractivity contribution in [2.45, 2.75) is 18.3 Å². The predicted octanol–water partition coefficient (Wildman–Crippen LogP) is -0.174. The van der Waals surface area contributed by atoms with Gasteiger partial charge in [-0.2, -0.15) is 0 Å². The van der Waals surface area contributed by atoms with Gasteiger partial charge in [0.05, 0.1) is 11.4 Å². The van der Waals surface area contributed by atoms with E-state index in [4.69, 9.17) is 0 Å². The first-order valence-corrected chi connectivity index (χ1v) is 4.81. The Bertz CT molecular complexity index is 151. The summed E-state index contributed by atoms with van der Waals surface area (Å²) < 4.78 is 0. The third kappa shape index (κ3) is 2.47. The third-order valence-electron chi connectivity index (χ3n) is 1.73. The number of hydrogen-bond donors (Lipinski definition) is 2. The van der Waals surface area contributed by atoms with Crippen molar-refractivity contribution in [2.24, 2.45) is 0 Å². The molecule has 0 aliphatic carbocycles. The van der Waals surface area contributed by atoms with Crippen LogP contribution in [0.15, 0.2) is 0 Å². The van der Waals surface area contributed by atoms with Crippen LogP contribution in [0.1, 0.15) is 6.92 Å². The molecule has 1 aliphatic rings. The molecule has 2 atom stereocenters. The van der Waals surface area contributed by atoms with Gasteiger partial charge in [0.2, 0.25) is 0 Å². The fourth-order valence-electron chi connectivity index (χ4n) is 1.07. The SMILES string of the molecule is CNCC1N[C@@H](C(C)=O)CS1. The van der Waals surface area contributed by atoms with E-state index in [1.807, 2.05) is 18.8 Å². The first-order valence-electron chi connectivity index (χ1n) is 3.76. The van der Waals surface area contributed by atoms with Gasteiger partial charge in [0, 0.05) is 12.3 Å². The number of Topliss-reactive ketones (excluding diaryl/α,β-unsaturated/α-hetero) is 1. The van der Waals surface area contributed by atoms with E-state index in [0.29, 0.717) is 5.37 Å². The average Bonchev–Trinajstić information content (AvgIpc) is 2.37. The summed E-state index contributed by atoms with van der Waals surface area (Å²) in [6.45, 7) is 2.56. The van der Waals surface area contributed by atoms with Gasteiger partial charge < -0.3 is 5.32 Å². The molecule has 1 saturated heterocycles. The molecule has 64 valence electrons. The van der Waals surface area contributed by atoms with Crippen molar-refractivity contribution in [1.82, 2.24) is 10.6 Å². The maximum absolute atomic E-state index is 10.9. The quantitative estimate of drug-likeness (QED) is 0.623. The maximum Gasteiger partial charge on any atom is 0.147 e. The molecule has 0 amide bonds. The summed E-state index contributed by atoms with van der Waals surface area (Å²) >= 11 is 1.81. The minimum Gasteiger partial charge on any atom is -0.317 e. The maximum atomic E-state index is 10.9. The van der Waals surface area contributed by atoms with Crippen LogP contribution in [0, 0.1) is 0 Å². The zero-order valence-corrected chi connectivity index (χ0v) is 7.70. The highest BCUT2D eigenvalue weighted by atomic mass is 32.2. The Labute approximate surface area is 71.3 Å². The molecule has 3 nitrogen and oxygen atoms in total. The number of thioether (sulfide) groups is 1. The number of ketones is 1. The van der Waals surface area contributed by atoms with Gasteiger partial charge in [-0.15, -0.1) is 11.8 Å². The van der Waals surface area contributed by atoms with Crippen molar-refractivity contribution in [3.05, 3.63) is 0 Å². The van der Waals surface area contributed by atoms with Crippen LogP contribution in [0.4, 0.5) is 0 Å². The number of carbonyl (C=O) groups is 1. The average molecular weight is 174 g/mol. The Balaban J connectivity index is 2.29. The molecule has 0 aromatic carbocycles. The van der Waals surface area contributed by atoms with Crippen LogP contribution in [-0.2, 0) is 4.79 Å². The number of carbonyl (C=O) groups excluding carboxylic acids is 1. The summed E-state index contributed by atoms with van der Waals surface area (Å²) in [6.07, 6.45) is 0. The Hall–Kier alpha value is -0.0600. The molecule has 4 heteroatoms. The Morgan fingerprint density at radius 3 is 3.00 bits per heavy atom. The van der Waals surface area contributed by atoms with Crippen LogP contribution in [0.25, 0.3) is 0 Å². The molecule has 11 heavy (non-hydrogen) atoms. The summed E-state index contributed by atoms with van der Waals surface area (Å²) in [4.78, 5) is 10.9. The van der Waals surface area contributed by atoms with Crippen molar-refractivity contribution >= 4 is 17.5 Å². The molecule has 1 heterocycles. The van der Waals surface area contributed by atoms with Crippen LogP contribution in [0.5, 0.6) is 0 Å². The molecule has 2 N–H and O–H groups in total. The summed E-state index contributed by atoms with van der Waals surface area (Å²) in [6, 6.07) is 0.0818. The zero-order chi connectivity index (χ0) is 8.27. The molecule has 0 radical (unpaired) electrons. The topological polar surface area (TPSA) is 41.1 Å². The van der Waals surface area contributed by atoms with E-state index in [2.05, 4.69) is 10.6 Å². The Kier molecular flexibility index (Phi) is 3.36. The van der Waals surface area contributed by atoms with E-state index < -0.39 is 0 Å². The van der Waals surface area contributed by atoms with Gasteiger partial charge >= 0.3 is 0 Å². The lowest BCUT2D eigenvalue weighted by Crippen LogP contribution is -2.39. The zero-order valence-electron chi connectivity index (χ0n) is 6.89. The van der Waals surface area contributed by atoms with E-state index in [1.54, 1.807) is 6.92 Å². The smallest absolute Gasteiger partial charge is 0.147 e. The fraction of sp³-hybridized carbons (Fsp3) is 0.857. The summed E-state index contributed by atoms with van der Waals surface area (Å²) in [5.74, 6) is 1.16. The minimum absolute atomic E-state index is 0.0818. The summed E-state index contributed by atoms with van der Waals surface area (Å²) in [5, 5.41) is 6.73. The molecule has 1 aliphatic heterocycles. The molecule has 0 aromatic rings. The summed E-state index contributed by atoms with van der Waals surface area (Å²) in [7, 11) is 1.92. The molecule has 0 saturated carbocycles. The molecule has 0 spiro atoms. The molecule has 0 aromatic heterocycles. The van der Waals surface area contributed by atoms with Crippen LogP contribution >= 0.6 is 11.8 Å². The number of nitrogens with one attached hydrogen (secondary N) is 2. The molecule has 1 rings (SSSR count). The van der Waals surface area contributed by atoms with Gasteiger partial charge in [-0.25, -0.2) is 0 Å². The fourth-order valence-corrected chi connectivity index (χ4v) is 2.37. The summed E-state index contributed by atoms with van der Waals surface area (Å²) in [5.41, 5.74) is 0. The highest BCUT2D eigenvalue weighted by molar-refractivity contribution is 8.00. The lowest BCUT2D eigenvalue weighted by atomic mass is 10.2. The van der Waals surface area contributed by atoms with Gasteiger partial charge in [-0.1, -0.05) is 0 Å². The number of likely N-dealkylation sites (N-methyl/N-ethyl adjacent to an activating group) is 1. The molecular formula is C7H14N2OS. The van der Waals surface area contributed by atoms with Gasteiger partial charge in [0.25, 0.3) is 0 Å². The van der Waals surface area contributed by atoms with Crippen molar-refractivity contribution < 1.29 is 4.79 Å². The highest BCUT2D eigenvalue weighted by Gasteiger charge is 2.26. The molecular weight excluding hydrogens is 160 g/mol. The van der Waals surface area contributed by atoms with Crippen molar-refractivity contribution in [2.75, 3.05) is 19.3 Å². The largest absolute Gasteiger partial charge is 0.317 e. The van der Waals surface area contributed by atoms with E-state index in [-0.39, 0.29) is 11.8 Å². The van der Waals surface area contributed by atoms with E-state index in [9.17, 15) is 4.79 Å². The molecule has 1 fully saturated rings. The normalized spacial score (nSPS) is 30.7. The molecule has 0 bridgehead atoms. The van der Waals surface area contributed by atoms with Crippen LogP contribution in [0.3, 0.4) is 0 Å². The third-order valence-corrected chi connectivity index (χ3v) is 2.96. The van der Waals surface area contributed by atoms with E-state index in [0.717, 1.165) is 12.3 Å². The second-order valence-electron chi connectivity index (χ2n) is 2.71. The van der Waals surface area contributed by atoms with Gasteiger partial charge in [0.1, 0.15) is 5.78 Å². The first-order chi connectivity index (χ1) is 5.24. The lowest BCUT2D eigenvalue weighted by Gasteiger charge is -2.09. The van der Waals surface area contributed by atoms with Crippen molar-refractivity contribution in [3.8, 4) is 0 Å². The van der Waals surface area contributed by atoms with Gasteiger partial charge in [-0.05, 0) is 14.0 Å². The lowest BCUT2D eigenvalue weighted by molar-refractivity contribution is -0.118. The van der Waals surface area contributed by atoms with Crippen LogP contribution < -0.4 is 10.6 Å². The Morgan fingerprint density at radius 2 is 2.55 bits per heavy atom. The highest BCUT2D eigenvalue weighted by Crippen LogP contribution is 2.18. The number of rotatable bonds is 3. The second-order valence-corrected chi connectivity index (χ2v) is 3.95. The molecule has 1 unspecified atom stereocenters. The van der Waals surface area contributed by atoms with Crippen molar-refractivity contribution in [1.29, 1.82) is 0 Å². The van der Waals surface area contributed by atoms with Crippen LogP contribution in [0.2, 0.25) is 0 Å². The second kappa shape index (κ2) is 4.09. The van der Waals surface area contributed by atoms with Crippen LogP contribution in [-0.4, -0.2) is 36.5 Å². The Morgan fingerprint density at radius 1 is 1.82 bits per heavy atom. The predicted molar refractivity (Wildman–Crippen MR) is 47.8 cm³/mol. The van der Waals surface area contributed by atoms with Gasteiger partial charge in [0.15, 0.2) is 0 Å². The monoisotopic (exact) mass is 174 g/mol. The minimum atomic E-state index is 0.0818. The van der Waals surface area contributed by atoms with E-state index in [1.165, 1.54) is 0 Å². The van der Waals surface area contributed by atoms with Crippen molar-refractivity contribution in [3.63, 3.8) is 0 Å². The van der Waals surface area contributed by atoms with Gasteiger partial charge in [-0.3, -0.25) is 10.1 Å². The first kappa shape index (κ1) is 9.03. The standard InChI is InChI=1S/C7H14N2OS/c1-5(10)6-4-11-7(9-6)3-8-2/h6-9H,3-4H2,1-2H3/t6-,7?/m1/s1. The number of hydrogen-bond acceptors (Lipinski definition) is 4. The van der Waals surface area contributed by atoms with E-state index >= 15 is 0 Å².